The zero-order valence-electron chi connectivity index (χ0n) is 17.5. The molecule has 0 fully saturated rings. The molecule has 0 radical (unpaired) electrons. The van der Waals surface area contributed by atoms with Crippen LogP contribution in [-0.4, -0.2) is 18.7 Å². The van der Waals surface area contributed by atoms with Gasteiger partial charge in [-0.25, -0.2) is 5.43 Å². The van der Waals surface area contributed by atoms with Crippen molar-refractivity contribution in [2.75, 3.05) is 6.61 Å². The minimum atomic E-state index is -0.322. The van der Waals surface area contributed by atoms with Crippen molar-refractivity contribution in [3.8, 4) is 17.2 Å². The number of aryl methyl sites for hydroxylation is 1. The standard InChI is InChI=1S/C25H26N2O3/c1-18(2)21-13-12-19(3)24(15-21)29-17-25(28)27-26-16-20-8-7-11-23(14-20)30-22-9-5-4-6-10-22/h4-16,18H,17H2,1-3H3,(H,27,28)/b26-16-. The van der Waals surface area contributed by atoms with E-state index < -0.39 is 0 Å². The van der Waals surface area contributed by atoms with E-state index in [0.29, 0.717) is 17.4 Å². The Kier molecular flexibility index (Phi) is 7.22. The number of nitrogens with one attached hydrogen (secondary N) is 1. The second-order valence-corrected chi connectivity index (χ2v) is 7.25. The molecule has 0 bridgehead atoms. The first-order valence-electron chi connectivity index (χ1n) is 9.89. The first-order valence-corrected chi connectivity index (χ1v) is 9.89. The lowest BCUT2D eigenvalue weighted by atomic mass is 10.0. The molecule has 154 valence electrons. The van der Waals surface area contributed by atoms with Gasteiger partial charge in [0.25, 0.3) is 5.91 Å². The molecule has 5 nitrogen and oxygen atoms in total. The summed E-state index contributed by atoms with van der Waals surface area (Å²) in [5, 5.41) is 4.01. The van der Waals surface area contributed by atoms with E-state index in [-0.39, 0.29) is 12.5 Å². The Morgan fingerprint density at radius 3 is 2.53 bits per heavy atom. The van der Waals surface area contributed by atoms with Gasteiger partial charge < -0.3 is 9.47 Å². The van der Waals surface area contributed by atoms with Gasteiger partial charge in [-0.05, 0) is 59.9 Å². The third-order valence-electron chi connectivity index (χ3n) is 4.48. The molecule has 3 aromatic rings. The second-order valence-electron chi connectivity index (χ2n) is 7.25. The summed E-state index contributed by atoms with van der Waals surface area (Å²) in [6, 6.07) is 23.1. The number of hydrogen-bond donors (Lipinski definition) is 1. The third kappa shape index (κ3) is 6.21. The van der Waals surface area contributed by atoms with Crippen LogP contribution in [0, 0.1) is 6.92 Å². The summed E-state index contributed by atoms with van der Waals surface area (Å²) in [6.07, 6.45) is 1.57. The average Bonchev–Trinajstić information content (AvgIpc) is 2.74. The Balaban J connectivity index is 1.52. The predicted octanol–water partition coefficient (Wildman–Crippen LogP) is 5.44. The van der Waals surface area contributed by atoms with E-state index in [1.807, 2.05) is 73.7 Å². The largest absolute Gasteiger partial charge is 0.483 e. The quantitative estimate of drug-likeness (QED) is 0.403. The molecule has 0 atom stereocenters. The SMILES string of the molecule is Cc1ccc(C(C)C)cc1OCC(=O)N/N=C\c1cccc(Oc2ccccc2)c1. The molecule has 0 aromatic heterocycles. The van der Waals surface area contributed by atoms with Crippen molar-refractivity contribution < 1.29 is 14.3 Å². The highest BCUT2D eigenvalue weighted by molar-refractivity contribution is 5.83. The monoisotopic (exact) mass is 402 g/mol. The van der Waals surface area contributed by atoms with E-state index in [9.17, 15) is 4.79 Å². The highest BCUT2D eigenvalue weighted by Gasteiger charge is 2.07. The van der Waals surface area contributed by atoms with Crippen molar-refractivity contribution in [1.29, 1.82) is 0 Å². The molecule has 0 saturated carbocycles. The summed E-state index contributed by atoms with van der Waals surface area (Å²) in [5.41, 5.74) is 5.47. The number of carbonyl (C=O) groups excluding carboxylic acids is 1. The molecule has 0 aliphatic rings. The summed E-state index contributed by atoms with van der Waals surface area (Å²) in [4.78, 5) is 12.1. The number of para-hydroxylation sites is 1. The van der Waals surface area contributed by atoms with Gasteiger partial charge in [-0.2, -0.15) is 5.10 Å². The van der Waals surface area contributed by atoms with E-state index in [4.69, 9.17) is 9.47 Å². The Labute approximate surface area is 177 Å². The van der Waals surface area contributed by atoms with Gasteiger partial charge in [0, 0.05) is 0 Å². The Morgan fingerprint density at radius 1 is 1.00 bits per heavy atom. The molecule has 3 rings (SSSR count). The minimum absolute atomic E-state index is 0.100. The highest BCUT2D eigenvalue weighted by atomic mass is 16.5. The molecule has 5 heteroatoms. The van der Waals surface area contributed by atoms with E-state index in [2.05, 4.69) is 30.4 Å². The molecular formula is C25H26N2O3. The maximum atomic E-state index is 12.1. The first kappa shape index (κ1) is 21.1. The summed E-state index contributed by atoms with van der Waals surface area (Å²) in [6.45, 7) is 6.10. The number of ether oxygens (including phenoxy) is 2. The fraction of sp³-hybridized carbons (Fsp3) is 0.200. The number of amides is 1. The molecule has 1 amide bonds. The summed E-state index contributed by atoms with van der Waals surface area (Å²) >= 11 is 0. The number of rotatable bonds is 8. The maximum Gasteiger partial charge on any atom is 0.277 e. The van der Waals surface area contributed by atoms with Gasteiger partial charge in [-0.3, -0.25) is 4.79 Å². The fourth-order valence-electron chi connectivity index (χ4n) is 2.77. The number of carbonyl (C=O) groups is 1. The van der Waals surface area contributed by atoms with Crippen LogP contribution in [0.25, 0.3) is 0 Å². The van der Waals surface area contributed by atoms with Crippen molar-refractivity contribution in [3.63, 3.8) is 0 Å². The maximum absolute atomic E-state index is 12.1. The van der Waals surface area contributed by atoms with Crippen LogP contribution in [0.1, 0.15) is 36.5 Å². The van der Waals surface area contributed by atoms with Crippen molar-refractivity contribution in [3.05, 3.63) is 89.5 Å². The molecule has 0 unspecified atom stereocenters. The fourth-order valence-corrected chi connectivity index (χ4v) is 2.77. The third-order valence-corrected chi connectivity index (χ3v) is 4.48. The molecule has 0 heterocycles. The topological polar surface area (TPSA) is 59.9 Å². The molecule has 1 N–H and O–H groups in total. The van der Waals surface area contributed by atoms with Crippen LogP contribution >= 0.6 is 0 Å². The van der Waals surface area contributed by atoms with Gasteiger partial charge in [0.05, 0.1) is 6.21 Å². The molecule has 3 aromatic carbocycles. The van der Waals surface area contributed by atoms with Crippen molar-refractivity contribution in [1.82, 2.24) is 5.43 Å². The highest BCUT2D eigenvalue weighted by Crippen LogP contribution is 2.24. The number of benzene rings is 3. The lowest BCUT2D eigenvalue weighted by molar-refractivity contribution is -0.123. The van der Waals surface area contributed by atoms with Crippen LogP contribution in [0.15, 0.2) is 77.9 Å². The van der Waals surface area contributed by atoms with Crippen LogP contribution < -0.4 is 14.9 Å². The first-order chi connectivity index (χ1) is 14.5. The van der Waals surface area contributed by atoms with Gasteiger partial charge in [0.1, 0.15) is 17.2 Å². The van der Waals surface area contributed by atoms with Crippen molar-refractivity contribution >= 4 is 12.1 Å². The van der Waals surface area contributed by atoms with Crippen LogP contribution in [-0.2, 0) is 4.79 Å². The number of hydrazone groups is 1. The Morgan fingerprint density at radius 2 is 1.77 bits per heavy atom. The van der Waals surface area contributed by atoms with Crippen LogP contribution in [0.4, 0.5) is 0 Å². The van der Waals surface area contributed by atoms with Crippen LogP contribution in [0.3, 0.4) is 0 Å². The lowest BCUT2D eigenvalue weighted by Crippen LogP contribution is -2.24. The van der Waals surface area contributed by atoms with Gasteiger partial charge in [0.15, 0.2) is 6.61 Å². The molecule has 30 heavy (non-hydrogen) atoms. The smallest absolute Gasteiger partial charge is 0.277 e. The summed E-state index contributed by atoms with van der Waals surface area (Å²) < 4.78 is 11.5. The predicted molar refractivity (Wildman–Crippen MR) is 119 cm³/mol. The van der Waals surface area contributed by atoms with E-state index in [0.717, 1.165) is 16.9 Å². The normalized spacial score (nSPS) is 10.9. The van der Waals surface area contributed by atoms with Gasteiger partial charge in [-0.15, -0.1) is 0 Å². The van der Waals surface area contributed by atoms with Gasteiger partial charge in [0.2, 0.25) is 0 Å². The number of nitrogens with zero attached hydrogens (tertiary/aromatic N) is 1. The van der Waals surface area contributed by atoms with Crippen molar-refractivity contribution in [2.24, 2.45) is 5.10 Å². The molecular weight excluding hydrogens is 376 g/mol. The summed E-state index contributed by atoms with van der Waals surface area (Å²) in [5.74, 6) is 2.24. The average molecular weight is 402 g/mol. The van der Waals surface area contributed by atoms with E-state index in [1.54, 1.807) is 6.21 Å². The molecule has 0 aliphatic carbocycles. The second kappa shape index (κ2) is 10.3. The van der Waals surface area contributed by atoms with E-state index in [1.165, 1.54) is 5.56 Å². The van der Waals surface area contributed by atoms with Crippen LogP contribution in [0.2, 0.25) is 0 Å². The lowest BCUT2D eigenvalue weighted by Gasteiger charge is -2.12. The van der Waals surface area contributed by atoms with Gasteiger partial charge in [-0.1, -0.05) is 56.3 Å². The minimum Gasteiger partial charge on any atom is -0.483 e. The van der Waals surface area contributed by atoms with Gasteiger partial charge >= 0.3 is 0 Å². The summed E-state index contributed by atoms with van der Waals surface area (Å²) in [7, 11) is 0. The zero-order chi connectivity index (χ0) is 21.3. The van der Waals surface area contributed by atoms with E-state index >= 15 is 0 Å². The Bertz CT molecular complexity index is 1010. The van der Waals surface area contributed by atoms with Crippen LogP contribution in [0.5, 0.6) is 17.2 Å². The molecule has 0 aliphatic heterocycles. The molecule has 0 saturated heterocycles. The number of hydrogen-bond acceptors (Lipinski definition) is 4. The Hall–Kier alpha value is -3.60. The zero-order valence-corrected chi connectivity index (χ0v) is 17.5. The molecule has 0 spiro atoms. The van der Waals surface area contributed by atoms with Crippen molar-refractivity contribution in [2.45, 2.75) is 26.7 Å².